The van der Waals surface area contributed by atoms with Crippen molar-refractivity contribution in [3.05, 3.63) is 76.6 Å². The van der Waals surface area contributed by atoms with Gasteiger partial charge in [-0.2, -0.15) is 0 Å². The van der Waals surface area contributed by atoms with Crippen molar-refractivity contribution in [3.63, 3.8) is 0 Å². The third-order valence-corrected chi connectivity index (χ3v) is 5.63. The smallest absolute Gasteiger partial charge is 0.195 e. The van der Waals surface area contributed by atoms with E-state index in [1.807, 2.05) is 29.9 Å². The highest BCUT2D eigenvalue weighted by molar-refractivity contribution is 7.10. The van der Waals surface area contributed by atoms with E-state index < -0.39 is 0 Å². The molecule has 1 aliphatic heterocycles. The van der Waals surface area contributed by atoms with Gasteiger partial charge in [0.05, 0.1) is 23.2 Å². The fourth-order valence-electron chi connectivity index (χ4n) is 3.45. The molecular formula is C21H18N4OS. The Morgan fingerprint density at radius 3 is 2.85 bits per heavy atom. The van der Waals surface area contributed by atoms with Crippen LogP contribution in [0.1, 0.15) is 16.1 Å². The lowest BCUT2D eigenvalue weighted by molar-refractivity contribution is 0.245. The Balaban J connectivity index is 1.35. The van der Waals surface area contributed by atoms with Crippen molar-refractivity contribution in [3.8, 4) is 22.8 Å². The highest BCUT2D eigenvalue weighted by Gasteiger charge is 2.21. The molecule has 27 heavy (non-hydrogen) atoms. The summed E-state index contributed by atoms with van der Waals surface area (Å²) in [6, 6.07) is 14.1. The molecule has 0 radical (unpaired) electrons. The van der Waals surface area contributed by atoms with Crippen LogP contribution in [0.15, 0.2) is 64.9 Å². The minimum Gasteiger partial charge on any atom is -0.461 e. The van der Waals surface area contributed by atoms with E-state index in [1.165, 1.54) is 16.0 Å². The first-order valence-corrected chi connectivity index (χ1v) is 9.83. The zero-order chi connectivity index (χ0) is 18.1. The van der Waals surface area contributed by atoms with Gasteiger partial charge in [-0.15, -0.1) is 11.3 Å². The van der Waals surface area contributed by atoms with Gasteiger partial charge < -0.3 is 4.42 Å². The van der Waals surface area contributed by atoms with Gasteiger partial charge in [-0.3, -0.25) is 4.90 Å². The van der Waals surface area contributed by atoms with Crippen LogP contribution < -0.4 is 0 Å². The molecule has 5 rings (SSSR count). The van der Waals surface area contributed by atoms with Crippen molar-refractivity contribution < 1.29 is 4.42 Å². The number of nitrogens with zero attached hydrogens (tertiary/aromatic N) is 4. The molecule has 0 atom stereocenters. The lowest BCUT2D eigenvalue weighted by Gasteiger charge is -2.27. The SMILES string of the molecule is c1ccc(-c2ncsc2CN2CCc3nc(-c4ccco4)ncc3C2)cc1. The number of benzene rings is 1. The Morgan fingerprint density at radius 1 is 1.07 bits per heavy atom. The minimum atomic E-state index is 0.668. The van der Waals surface area contributed by atoms with Crippen molar-refractivity contribution in [2.75, 3.05) is 6.54 Å². The average molecular weight is 374 g/mol. The minimum absolute atomic E-state index is 0.668. The molecule has 0 N–H and O–H groups in total. The summed E-state index contributed by atoms with van der Waals surface area (Å²) in [6.07, 6.45) is 4.52. The molecule has 134 valence electrons. The zero-order valence-corrected chi connectivity index (χ0v) is 15.5. The van der Waals surface area contributed by atoms with Gasteiger partial charge in [-0.05, 0) is 12.1 Å². The molecule has 3 aromatic heterocycles. The number of thiazole rings is 1. The summed E-state index contributed by atoms with van der Waals surface area (Å²) in [4.78, 5) is 17.5. The summed E-state index contributed by atoms with van der Waals surface area (Å²) < 4.78 is 5.42. The van der Waals surface area contributed by atoms with Gasteiger partial charge in [0, 0.05) is 48.3 Å². The van der Waals surface area contributed by atoms with Crippen molar-refractivity contribution in [1.82, 2.24) is 19.9 Å². The molecular weight excluding hydrogens is 356 g/mol. The van der Waals surface area contributed by atoms with Gasteiger partial charge in [-0.1, -0.05) is 30.3 Å². The molecule has 0 bridgehead atoms. The standard InChI is InChI=1S/C21H18N4OS/c1-2-5-15(6-3-1)20-19(27-14-23-20)13-25-9-8-17-16(12-25)11-22-21(24-17)18-7-4-10-26-18/h1-7,10-11,14H,8-9,12-13H2. The molecule has 0 spiro atoms. The zero-order valence-electron chi connectivity index (χ0n) is 14.7. The molecule has 0 fully saturated rings. The van der Waals surface area contributed by atoms with E-state index in [2.05, 4.69) is 39.1 Å². The highest BCUT2D eigenvalue weighted by Crippen LogP contribution is 2.28. The summed E-state index contributed by atoms with van der Waals surface area (Å²) in [5, 5.41) is 0. The van der Waals surface area contributed by atoms with Crippen LogP contribution in [0.25, 0.3) is 22.8 Å². The van der Waals surface area contributed by atoms with Gasteiger partial charge in [0.25, 0.3) is 0 Å². The van der Waals surface area contributed by atoms with Gasteiger partial charge in [0.15, 0.2) is 11.6 Å². The maximum Gasteiger partial charge on any atom is 0.195 e. The molecule has 0 saturated carbocycles. The van der Waals surface area contributed by atoms with Crippen LogP contribution in [-0.2, 0) is 19.5 Å². The maximum absolute atomic E-state index is 5.42. The summed E-state index contributed by atoms with van der Waals surface area (Å²) in [5.74, 6) is 1.39. The average Bonchev–Trinajstić information content (AvgIpc) is 3.40. The summed E-state index contributed by atoms with van der Waals surface area (Å²) in [6.45, 7) is 2.74. The Bertz CT molecular complexity index is 1040. The second kappa shape index (κ2) is 7.06. The summed E-state index contributed by atoms with van der Waals surface area (Å²) in [7, 11) is 0. The molecule has 4 aromatic rings. The van der Waals surface area contributed by atoms with Gasteiger partial charge in [0.2, 0.25) is 0 Å². The fraction of sp³-hybridized carbons (Fsp3) is 0.190. The van der Waals surface area contributed by atoms with E-state index in [0.717, 1.165) is 43.2 Å². The van der Waals surface area contributed by atoms with Crippen LogP contribution >= 0.6 is 11.3 Å². The van der Waals surface area contributed by atoms with E-state index in [0.29, 0.717) is 5.82 Å². The Morgan fingerprint density at radius 2 is 2.00 bits per heavy atom. The lowest BCUT2D eigenvalue weighted by atomic mass is 10.1. The number of hydrogen-bond donors (Lipinski definition) is 0. The first-order valence-electron chi connectivity index (χ1n) is 8.95. The number of fused-ring (bicyclic) bond motifs is 1. The van der Waals surface area contributed by atoms with Crippen LogP contribution in [0.4, 0.5) is 0 Å². The number of aromatic nitrogens is 3. The number of rotatable bonds is 4. The molecule has 0 saturated heterocycles. The van der Waals surface area contributed by atoms with E-state index >= 15 is 0 Å². The molecule has 0 amide bonds. The molecule has 0 aliphatic carbocycles. The van der Waals surface area contributed by atoms with E-state index in [-0.39, 0.29) is 0 Å². The van der Waals surface area contributed by atoms with Gasteiger partial charge in [-0.25, -0.2) is 15.0 Å². The number of furan rings is 1. The van der Waals surface area contributed by atoms with Gasteiger partial charge >= 0.3 is 0 Å². The second-order valence-electron chi connectivity index (χ2n) is 6.59. The summed E-state index contributed by atoms with van der Waals surface area (Å²) in [5.41, 5.74) is 6.53. The molecule has 6 heteroatoms. The van der Waals surface area contributed by atoms with Crippen LogP contribution in [0, 0.1) is 0 Å². The Labute approximate surface area is 161 Å². The normalized spacial score (nSPS) is 14.2. The van der Waals surface area contributed by atoms with Crippen molar-refractivity contribution in [2.24, 2.45) is 0 Å². The lowest BCUT2D eigenvalue weighted by Crippen LogP contribution is -2.30. The number of hydrogen-bond acceptors (Lipinski definition) is 6. The first-order chi connectivity index (χ1) is 13.4. The van der Waals surface area contributed by atoms with Crippen LogP contribution in [0.5, 0.6) is 0 Å². The predicted octanol–water partition coefficient (Wildman–Crippen LogP) is 4.42. The largest absolute Gasteiger partial charge is 0.461 e. The van der Waals surface area contributed by atoms with E-state index in [1.54, 1.807) is 17.6 Å². The third-order valence-electron chi connectivity index (χ3n) is 4.81. The Kier molecular flexibility index (Phi) is 4.27. The third kappa shape index (κ3) is 3.29. The molecule has 0 unspecified atom stereocenters. The van der Waals surface area contributed by atoms with E-state index in [4.69, 9.17) is 9.40 Å². The summed E-state index contributed by atoms with van der Waals surface area (Å²) >= 11 is 1.72. The van der Waals surface area contributed by atoms with Crippen molar-refractivity contribution in [1.29, 1.82) is 0 Å². The van der Waals surface area contributed by atoms with Crippen molar-refractivity contribution in [2.45, 2.75) is 19.5 Å². The molecule has 1 aromatic carbocycles. The van der Waals surface area contributed by atoms with E-state index in [9.17, 15) is 0 Å². The van der Waals surface area contributed by atoms with Crippen LogP contribution in [0.3, 0.4) is 0 Å². The van der Waals surface area contributed by atoms with Crippen molar-refractivity contribution >= 4 is 11.3 Å². The maximum atomic E-state index is 5.42. The predicted molar refractivity (Wildman–Crippen MR) is 105 cm³/mol. The first kappa shape index (κ1) is 16.4. The Hall–Kier alpha value is -2.83. The topological polar surface area (TPSA) is 55.1 Å². The fourth-order valence-corrected chi connectivity index (χ4v) is 4.28. The van der Waals surface area contributed by atoms with Crippen LogP contribution in [0.2, 0.25) is 0 Å². The van der Waals surface area contributed by atoms with Crippen LogP contribution in [-0.4, -0.2) is 26.4 Å². The second-order valence-corrected chi connectivity index (χ2v) is 7.53. The molecule has 1 aliphatic rings. The highest BCUT2D eigenvalue weighted by atomic mass is 32.1. The quantitative estimate of drug-likeness (QED) is 0.529. The molecule has 4 heterocycles. The van der Waals surface area contributed by atoms with Gasteiger partial charge in [0.1, 0.15) is 0 Å². The monoisotopic (exact) mass is 374 g/mol. The molecule has 5 nitrogen and oxygen atoms in total.